The summed E-state index contributed by atoms with van der Waals surface area (Å²) in [7, 11) is 1.96. The molecule has 0 spiro atoms. The summed E-state index contributed by atoms with van der Waals surface area (Å²) in [5.74, 6) is 0. The topological polar surface area (TPSA) is 37.4 Å². The molecule has 1 N–H and O–H groups in total. The van der Waals surface area contributed by atoms with Crippen molar-refractivity contribution in [3.05, 3.63) is 29.6 Å². The third kappa shape index (κ3) is 3.77. The van der Waals surface area contributed by atoms with E-state index >= 15 is 0 Å². The van der Waals surface area contributed by atoms with Crippen molar-refractivity contribution in [3.63, 3.8) is 0 Å². The van der Waals surface area contributed by atoms with Crippen LogP contribution in [0.25, 0.3) is 0 Å². The summed E-state index contributed by atoms with van der Waals surface area (Å²) in [6, 6.07) is 6.20. The lowest BCUT2D eigenvalue weighted by molar-refractivity contribution is -0.0295. The van der Waals surface area contributed by atoms with E-state index in [2.05, 4.69) is 27.3 Å². The zero-order valence-corrected chi connectivity index (χ0v) is 10.6. The second-order valence-corrected chi connectivity index (χ2v) is 4.56. The van der Waals surface area contributed by atoms with Gasteiger partial charge in [0.2, 0.25) is 0 Å². The van der Waals surface area contributed by atoms with Crippen molar-refractivity contribution >= 4 is 0 Å². The van der Waals surface area contributed by atoms with Crippen LogP contribution in [0.15, 0.2) is 18.2 Å². The van der Waals surface area contributed by atoms with Crippen molar-refractivity contribution in [2.45, 2.75) is 19.6 Å². The van der Waals surface area contributed by atoms with E-state index in [0.717, 1.165) is 44.2 Å². The molecule has 0 aromatic carbocycles. The van der Waals surface area contributed by atoms with Crippen LogP contribution >= 0.6 is 0 Å². The van der Waals surface area contributed by atoms with Crippen LogP contribution in [0.1, 0.15) is 11.4 Å². The van der Waals surface area contributed by atoms with E-state index in [-0.39, 0.29) is 0 Å². The van der Waals surface area contributed by atoms with Crippen molar-refractivity contribution in [1.82, 2.24) is 15.2 Å². The molecule has 0 radical (unpaired) electrons. The van der Waals surface area contributed by atoms with Crippen LogP contribution in [0.5, 0.6) is 0 Å². The first-order valence-corrected chi connectivity index (χ1v) is 6.19. The fourth-order valence-corrected chi connectivity index (χ4v) is 2.19. The van der Waals surface area contributed by atoms with Gasteiger partial charge in [-0.2, -0.15) is 0 Å². The summed E-state index contributed by atoms with van der Waals surface area (Å²) >= 11 is 0. The van der Waals surface area contributed by atoms with Crippen LogP contribution < -0.4 is 5.32 Å². The van der Waals surface area contributed by atoms with Crippen molar-refractivity contribution in [3.8, 4) is 0 Å². The highest BCUT2D eigenvalue weighted by atomic mass is 16.5. The van der Waals surface area contributed by atoms with Gasteiger partial charge in [0.05, 0.1) is 18.4 Å². The zero-order chi connectivity index (χ0) is 12.1. The fourth-order valence-electron chi connectivity index (χ4n) is 2.19. The lowest BCUT2D eigenvalue weighted by Crippen LogP contribution is -2.45. The van der Waals surface area contributed by atoms with E-state index in [1.54, 1.807) is 0 Å². The Morgan fingerprint density at radius 2 is 2.41 bits per heavy atom. The summed E-state index contributed by atoms with van der Waals surface area (Å²) in [4.78, 5) is 6.95. The molecule has 4 nitrogen and oxygen atoms in total. The molecule has 4 heteroatoms. The molecule has 1 fully saturated rings. The number of aromatic nitrogens is 1. The molecule has 0 aliphatic carbocycles. The first kappa shape index (κ1) is 12.5. The Balaban J connectivity index is 1.90. The Labute approximate surface area is 103 Å². The van der Waals surface area contributed by atoms with E-state index in [0.29, 0.717) is 6.10 Å². The normalized spacial score (nSPS) is 21.6. The quantitative estimate of drug-likeness (QED) is 0.838. The van der Waals surface area contributed by atoms with Crippen LogP contribution in [0.3, 0.4) is 0 Å². The van der Waals surface area contributed by atoms with E-state index in [1.807, 2.05) is 20.0 Å². The minimum atomic E-state index is 0.304. The molecule has 1 unspecified atom stereocenters. The Morgan fingerprint density at radius 1 is 1.53 bits per heavy atom. The molecule has 2 heterocycles. The molecule has 0 saturated carbocycles. The number of likely N-dealkylation sites (N-methyl/N-ethyl adjacent to an activating group) is 1. The average Bonchev–Trinajstić information content (AvgIpc) is 2.30. The Hall–Kier alpha value is -0.970. The maximum atomic E-state index is 5.69. The number of morpholine rings is 1. The number of nitrogens with zero attached hydrogens (tertiary/aromatic N) is 2. The van der Waals surface area contributed by atoms with Crippen LogP contribution in [-0.2, 0) is 11.3 Å². The largest absolute Gasteiger partial charge is 0.374 e. The van der Waals surface area contributed by atoms with Crippen LogP contribution in [0, 0.1) is 6.92 Å². The number of rotatable bonds is 4. The second kappa shape index (κ2) is 6.10. The van der Waals surface area contributed by atoms with Gasteiger partial charge >= 0.3 is 0 Å². The molecule has 1 aromatic rings. The highest BCUT2D eigenvalue weighted by molar-refractivity contribution is 5.09. The zero-order valence-electron chi connectivity index (χ0n) is 10.6. The Kier molecular flexibility index (Phi) is 4.48. The SMILES string of the molecule is CNCC1CN(Cc2cccc(C)n2)CCO1. The highest BCUT2D eigenvalue weighted by Gasteiger charge is 2.19. The molecule has 1 aliphatic heterocycles. The summed E-state index contributed by atoms with van der Waals surface area (Å²) in [5, 5.41) is 3.16. The fraction of sp³-hybridized carbons (Fsp3) is 0.615. The molecular weight excluding hydrogens is 214 g/mol. The van der Waals surface area contributed by atoms with Gasteiger partial charge in [-0.3, -0.25) is 9.88 Å². The maximum absolute atomic E-state index is 5.69. The number of aryl methyl sites for hydroxylation is 1. The highest BCUT2D eigenvalue weighted by Crippen LogP contribution is 2.09. The smallest absolute Gasteiger partial charge is 0.0826 e. The summed E-state index contributed by atoms with van der Waals surface area (Å²) < 4.78 is 5.69. The van der Waals surface area contributed by atoms with E-state index in [9.17, 15) is 0 Å². The van der Waals surface area contributed by atoms with Crippen molar-refractivity contribution < 1.29 is 4.74 Å². The van der Waals surface area contributed by atoms with E-state index in [1.165, 1.54) is 0 Å². The van der Waals surface area contributed by atoms with Gasteiger partial charge in [0.1, 0.15) is 0 Å². The van der Waals surface area contributed by atoms with Gasteiger partial charge in [0.25, 0.3) is 0 Å². The second-order valence-electron chi connectivity index (χ2n) is 4.56. The predicted molar refractivity (Wildman–Crippen MR) is 67.9 cm³/mol. The minimum Gasteiger partial charge on any atom is -0.374 e. The van der Waals surface area contributed by atoms with Crippen molar-refractivity contribution in [1.29, 1.82) is 0 Å². The molecular formula is C13H21N3O. The minimum absolute atomic E-state index is 0.304. The van der Waals surface area contributed by atoms with Crippen molar-refractivity contribution in [2.24, 2.45) is 0 Å². The third-order valence-electron chi connectivity index (χ3n) is 2.99. The lowest BCUT2D eigenvalue weighted by Gasteiger charge is -2.32. The van der Waals surface area contributed by atoms with Crippen LogP contribution in [-0.4, -0.2) is 49.3 Å². The van der Waals surface area contributed by atoms with Crippen LogP contribution in [0.2, 0.25) is 0 Å². The number of nitrogens with one attached hydrogen (secondary N) is 1. The molecule has 2 rings (SSSR count). The number of hydrogen-bond donors (Lipinski definition) is 1. The maximum Gasteiger partial charge on any atom is 0.0826 e. The molecule has 0 amide bonds. The molecule has 0 bridgehead atoms. The lowest BCUT2D eigenvalue weighted by atomic mass is 10.2. The number of hydrogen-bond acceptors (Lipinski definition) is 4. The molecule has 1 aromatic heterocycles. The molecule has 1 atom stereocenters. The standard InChI is InChI=1S/C13H21N3O/c1-11-4-3-5-12(15-11)9-16-6-7-17-13(10-16)8-14-2/h3-5,13-14H,6-10H2,1-2H3. The Morgan fingerprint density at radius 3 is 3.18 bits per heavy atom. The van der Waals surface area contributed by atoms with Crippen LogP contribution in [0.4, 0.5) is 0 Å². The van der Waals surface area contributed by atoms with Gasteiger partial charge < -0.3 is 10.1 Å². The van der Waals surface area contributed by atoms with Gasteiger partial charge in [0.15, 0.2) is 0 Å². The summed E-state index contributed by atoms with van der Waals surface area (Å²) in [6.07, 6.45) is 0.304. The molecule has 1 saturated heterocycles. The molecule has 1 aliphatic rings. The number of pyridine rings is 1. The predicted octanol–water partition coefficient (Wildman–Crippen LogP) is 0.810. The van der Waals surface area contributed by atoms with Gasteiger partial charge in [-0.25, -0.2) is 0 Å². The average molecular weight is 235 g/mol. The summed E-state index contributed by atoms with van der Waals surface area (Å²) in [5.41, 5.74) is 2.23. The van der Waals surface area contributed by atoms with E-state index in [4.69, 9.17) is 4.74 Å². The van der Waals surface area contributed by atoms with Gasteiger partial charge in [0, 0.05) is 31.9 Å². The van der Waals surface area contributed by atoms with E-state index < -0.39 is 0 Å². The number of ether oxygens (including phenoxy) is 1. The van der Waals surface area contributed by atoms with Crippen molar-refractivity contribution in [2.75, 3.05) is 33.3 Å². The van der Waals surface area contributed by atoms with Gasteiger partial charge in [-0.1, -0.05) is 6.07 Å². The monoisotopic (exact) mass is 235 g/mol. The first-order chi connectivity index (χ1) is 8.28. The van der Waals surface area contributed by atoms with Gasteiger partial charge in [-0.05, 0) is 26.1 Å². The third-order valence-corrected chi connectivity index (χ3v) is 2.99. The molecule has 17 heavy (non-hydrogen) atoms. The van der Waals surface area contributed by atoms with Gasteiger partial charge in [-0.15, -0.1) is 0 Å². The molecule has 94 valence electrons. The first-order valence-electron chi connectivity index (χ1n) is 6.19. The summed E-state index contributed by atoms with van der Waals surface area (Å²) in [6.45, 7) is 6.67. The Bertz CT molecular complexity index is 354.